The zero-order valence-electron chi connectivity index (χ0n) is 19.3. The average molecular weight is 517 g/mol. The molecule has 0 aliphatic carbocycles. The second-order valence-corrected chi connectivity index (χ2v) is 8.77. The van der Waals surface area contributed by atoms with Crippen molar-refractivity contribution in [2.75, 3.05) is 56.2 Å². The number of nitrogens with zero attached hydrogens (tertiary/aromatic N) is 3. The Hall–Kier alpha value is -2.77. The Labute approximate surface area is 209 Å². The Morgan fingerprint density at radius 3 is 2.57 bits per heavy atom. The van der Waals surface area contributed by atoms with Crippen LogP contribution in [0.1, 0.15) is 21.3 Å². The predicted octanol–water partition coefficient (Wildman–Crippen LogP) is 1.58. The third-order valence-electron chi connectivity index (χ3n) is 5.71. The number of nitrogens with one attached hydrogen (secondary N) is 2. The van der Waals surface area contributed by atoms with E-state index >= 15 is 8.78 Å². The topological polar surface area (TPSA) is 112 Å². The van der Waals surface area contributed by atoms with Gasteiger partial charge in [0, 0.05) is 31.8 Å². The predicted molar refractivity (Wildman–Crippen MR) is 133 cm³/mol. The summed E-state index contributed by atoms with van der Waals surface area (Å²) >= 11 is 4.88. The molecule has 1 aromatic rings. The molecule has 2 aliphatic rings. The monoisotopic (exact) mass is 516 g/mol. The lowest BCUT2D eigenvalue weighted by atomic mass is 10.0. The number of anilines is 2. The van der Waals surface area contributed by atoms with Crippen LogP contribution in [0.25, 0.3) is 0 Å². The number of halogens is 2. The van der Waals surface area contributed by atoms with Crippen molar-refractivity contribution in [1.29, 1.82) is 0 Å². The number of hydrogen-bond donors (Lipinski definition) is 3. The molecular formula is C22H34F2N6O4S. The minimum absolute atomic E-state index is 0. The first-order chi connectivity index (χ1) is 16.1. The van der Waals surface area contributed by atoms with E-state index in [2.05, 4.69) is 10.7 Å². The molecule has 196 valence electrons. The van der Waals surface area contributed by atoms with E-state index < -0.39 is 29.9 Å². The standard InChI is InChI=1S/C21H30F2N6O4S.CH4/c1-12(2)17(24)19(30)29-7-6-27(5-4-26-29)18-15(22)8-13(9-16(18)23)28-11-14(33-21(28)31)10-25-20(34)32-3;/h8-9,12,14,17,26H,4-7,10-11,24H2,1-3H3,(H,25,34);1H4/t14-,17-;/m0./s1. The minimum atomic E-state index is -0.816. The summed E-state index contributed by atoms with van der Waals surface area (Å²) in [6, 6.07) is 1.53. The van der Waals surface area contributed by atoms with Gasteiger partial charge in [0.2, 0.25) is 0 Å². The smallest absolute Gasteiger partial charge is 0.414 e. The van der Waals surface area contributed by atoms with Crippen LogP contribution in [-0.2, 0) is 14.3 Å². The molecule has 3 rings (SSSR count). The summed E-state index contributed by atoms with van der Waals surface area (Å²) in [6.45, 7) is 4.97. The number of nitrogens with two attached hydrogens (primary N) is 1. The molecule has 1 aromatic carbocycles. The summed E-state index contributed by atoms with van der Waals surface area (Å²) in [4.78, 5) is 27.5. The van der Waals surface area contributed by atoms with Gasteiger partial charge in [-0.15, -0.1) is 0 Å². The number of ether oxygens (including phenoxy) is 2. The minimum Gasteiger partial charge on any atom is -0.474 e. The van der Waals surface area contributed by atoms with Crippen LogP contribution in [0.5, 0.6) is 0 Å². The lowest BCUT2D eigenvalue weighted by Gasteiger charge is -2.27. The van der Waals surface area contributed by atoms with Crippen molar-refractivity contribution in [3.05, 3.63) is 23.8 Å². The highest BCUT2D eigenvalue weighted by Gasteiger charge is 2.34. The Morgan fingerprint density at radius 2 is 1.97 bits per heavy atom. The molecule has 0 spiro atoms. The molecule has 0 aromatic heterocycles. The highest BCUT2D eigenvalue weighted by molar-refractivity contribution is 7.80. The fourth-order valence-corrected chi connectivity index (χ4v) is 3.81. The lowest BCUT2D eigenvalue weighted by Crippen LogP contribution is -2.52. The van der Waals surface area contributed by atoms with Crippen LogP contribution in [0.4, 0.5) is 25.0 Å². The van der Waals surface area contributed by atoms with Gasteiger partial charge in [-0.1, -0.05) is 21.3 Å². The molecule has 2 saturated heterocycles. The Kier molecular flexibility index (Phi) is 9.98. The van der Waals surface area contributed by atoms with Crippen molar-refractivity contribution < 1.29 is 27.8 Å². The first-order valence-corrected chi connectivity index (χ1v) is 11.4. The average Bonchev–Trinajstić information content (AvgIpc) is 3.00. The Morgan fingerprint density at radius 1 is 1.31 bits per heavy atom. The zero-order chi connectivity index (χ0) is 25.0. The second kappa shape index (κ2) is 12.3. The molecule has 4 N–H and O–H groups in total. The molecule has 10 nitrogen and oxygen atoms in total. The highest BCUT2D eigenvalue weighted by atomic mass is 32.1. The maximum absolute atomic E-state index is 15.1. The number of cyclic esters (lactones) is 1. The van der Waals surface area contributed by atoms with E-state index in [4.69, 9.17) is 27.4 Å². The first kappa shape index (κ1) is 28.5. The van der Waals surface area contributed by atoms with Gasteiger partial charge in [0.05, 0.1) is 38.5 Å². The number of carbonyl (C=O) groups is 2. The van der Waals surface area contributed by atoms with Crippen LogP contribution >= 0.6 is 12.2 Å². The molecule has 13 heteroatoms. The lowest BCUT2D eigenvalue weighted by molar-refractivity contribution is -0.136. The molecule has 2 heterocycles. The van der Waals surface area contributed by atoms with Gasteiger partial charge in [0.25, 0.3) is 11.1 Å². The fraction of sp³-hybridized carbons (Fsp3) is 0.591. The van der Waals surface area contributed by atoms with E-state index in [1.165, 1.54) is 17.0 Å². The normalized spacial score (nSPS) is 19.1. The molecule has 2 atom stereocenters. The maximum atomic E-state index is 15.1. The van der Waals surface area contributed by atoms with Crippen LogP contribution < -0.4 is 26.3 Å². The van der Waals surface area contributed by atoms with Gasteiger partial charge in [0.15, 0.2) is 11.6 Å². The fourth-order valence-electron chi connectivity index (χ4n) is 3.73. The SMILES string of the molecule is C.COC(=S)NC[C@H]1CN(c2cc(F)c(N3CCNN(C(=O)[C@@H](N)C(C)C)CC3)c(F)c2)C(=O)O1. The quantitative estimate of drug-likeness (QED) is 0.485. The molecule has 2 aliphatic heterocycles. The Bertz CT molecular complexity index is 914. The van der Waals surface area contributed by atoms with Crippen molar-refractivity contribution in [1.82, 2.24) is 15.8 Å². The third-order valence-corrected chi connectivity index (χ3v) is 6.02. The molecule has 35 heavy (non-hydrogen) atoms. The van der Waals surface area contributed by atoms with E-state index in [-0.39, 0.29) is 68.5 Å². The summed E-state index contributed by atoms with van der Waals surface area (Å²) in [5, 5.41) is 4.33. The number of hydrogen-bond acceptors (Lipinski definition) is 8. The molecule has 2 amide bonds. The van der Waals surface area contributed by atoms with Crippen LogP contribution in [-0.4, -0.2) is 80.7 Å². The van der Waals surface area contributed by atoms with Crippen LogP contribution in [0, 0.1) is 17.6 Å². The first-order valence-electron chi connectivity index (χ1n) is 11.0. The Balaban J connectivity index is 0.00000432. The number of hydrazine groups is 1. The van der Waals surface area contributed by atoms with Crippen molar-refractivity contribution in [2.45, 2.75) is 33.4 Å². The van der Waals surface area contributed by atoms with E-state index in [1.807, 2.05) is 13.8 Å². The molecule has 0 radical (unpaired) electrons. The van der Waals surface area contributed by atoms with Gasteiger partial charge in [-0.2, -0.15) is 0 Å². The van der Waals surface area contributed by atoms with Gasteiger partial charge in [-0.3, -0.25) is 14.7 Å². The van der Waals surface area contributed by atoms with Crippen LogP contribution in [0.2, 0.25) is 0 Å². The number of amides is 2. The van der Waals surface area contributed by atoms with E-state index in [0.717, 1.165) is 17.0 Å². The van der Waals surface area contributed by atoms with Crippen LogP contribution in [0.3, 0.4) is 0 Å². The van der Waals surface area contributed by atoms with E-state index in [9.17, 15) is 9.59 Å². The van der Waals surface area contributed by atoms with Crippen molar-refractivity contribution in [3.8, 4) is 0 Å². The van der Waals surface area contributed by atoms with Crippen LogP contribution in [0.15, 0.2) is 12.1 Å². The molecule has 0 bridgehead atoms. The molecule has 0 unspecified atom stereocenters. The summed E-state index contributed by atoms with van der Waals surface area (Å²) in [7, 11) is 1.41. The number of methoxy groups -OCH3 is 1. The number of benzene rings is 1. The van der Waals surface area contributed by atoms with E-state index in [1.54, 1.807) is 0 Å². The van der Waals surface area contributed by atoms with Gasteiger partial charge < -0.3 is 25.4 Å². The molecule has 2 fully saturated rings. The maximum Gasteiger partial charge on any atom is 0.414 e. The van der Waals surface area contributed by atoms with Crippen molar-refractivity contribution in [2.24, 2.45) is 11.7 Å². The van der Waals surface area contributed by atoms with Gasteiger partial charge in [0.1, 0.15) is 11.8 Å². The number of rotatable bonds is 6. The summed E-state index contributed by atoms with van der Waals surface area (Å²) in [5.74, 6) is -1.94. The summed E-state index contributed by atoms with van der Waals surface area (Å²) in [5.41, 5.74) is 8.75. The second-order valence-electron chi connectivity index (χ2n) is 8.40. The van der Waals surface area contributed by atoms with Gasteiger partial charge in [-0.25, -0.2) is 19.0 Å². The van der Waals surface area contributed by atoms with E-state index in [0.29, 0.717) is 6.54 Å². The summed E-state index contributed by atoms with van der Waals surface area (Å²) in [6.07, 6.45) is -1.28. The third kappa shape index (κ3) is 6.67. The van der Waals surface area contributed by atoms with Gasteiger partial charge >= 0.3 is 6.09 Å². The number of carbonyl (C=O) groups excluding carboxylic acids is 2. The number of thiocarbonyl (C=S) groups is 1. The largest absolute Gasteiger partial charge is 0.474 e. The van der Waals surface area contributed by atoms with Gasteiger partial charge in [-0.05, 0) is 18.1 Å². The molecule has 0 saturated carbocycles. The molecular weight excluding hydrogens is 482 g/mol. The van der Waals surface area contributed by atoms with Crippen molar-refractivity contribution >= 4 is 40.8 Å². The zero-order valence-corrected chi connectivity index (χ0v) is 20.2. The highest BCUT2D eigenvalue weighted by Crippen LogP contribution is 2.31. The van der Waals surface area contributed by atoms with Crippen molar-refractivity contribution in [3.63, 3.8) is 0 Å². The summed E-state index contributed by atoms with van der Waals surface area (Å²) < 4.78 is 40.2.